The van der Waals surface area contributed by atoms with Crippen molar-refractivity contribution >= 4 is 39.7 Å². The summed E-state index contributed by atoms with van der Waals surface area (Å²) in [6.45, 7) is 2.62. The Hall–Kier alpha value is -3.21. The maximum atomic E-state index is 10.7. The van der Waals surface area contributed by atoms with Crippen LogP contribution in [0.1, 0.15) is 11.1 Å². The van der Waals surface area contributed by atoms with Crippen molar-refractivity contribution in [2.45, 2.75) is 13.2 Å². The summed E-state index contributed by atoms with van der Waals surface area (Å²) in [6, 6.07) is 16.0. The van der Waals surface area contributed by atoms with Crippen molar-refractivity contribution < 1.29 is 23.9 Å². The van der Waals surface area contributed by atoms with E-state index < -0.39 is 4.92 Å². The molecule has 0 saturated heterocycles. The average molecular weight is 567 g/mol. The van der Waals surface area contributed by atoms with Crippen molar-refractivity contribution in [2.24, 2.45) is 0 Å². The molecule has 186 valence electrons. The third kappa shape index (κ3) is 6.91. The molecule has 0 radical (unpaired) electrons. The Bertz CT molecular complexity index is 1160. The lowest BCUT2D eigenvalue weighted by Gasteiger charge is -2.15. The highest BCUT2D eigenvalue weighted by atomic mass is 79.9. The van der Waals surface area contributed by atoms with Crippen LogP contribution >= 0.6 is 28.3 Å². The third-order valence-electron chi connectivity index (χ3n) is 5.15. The van der Waals surface area contributed by atoms with E-state index in [2.05, 4.69) is 26.6 Å². The lowest BCUT2D eigenvalue weighted by molar-refractivity contribution is -0.384. The minimum absolute atomic E-state index is 0. The molecule has 1 aliphatic heterocycles. The van der Waals surface area contributed by atoms with Gasteiger partial charge in [0.05, 0.1) is 16.5 Å². The fourth-order valence-corrected chi connectivity index (χ4v) is 4.03. The number of fused-ring (bicyclic) bond motifs is 1. The van der Waals surface area contributed by atoms with Crippen LogP contribution < -0.4 is 29.6 Å². The standard InChI is InChI=1S/C24H24BrN3O6.ClH/c1-31-23-12-17(13-26-8-9-27-18-3-5-19(6-4-18)28(29)30)10-20(25)24(23)32-14-16-2-7-21-22(11-16)34-15-33-21;/h2-7,10-12,26-27H,8-9,13-15H2,1H3;1H. The quantitative estimate of drug-likeness (QED) is 0.183. The highest BCUT2D eigenvalue weighted by Crippen LogP contribution is 2.38. The molecular formula is C24H25BrClN3O6. The van der Waals surface area contributed by atoms with Crippen LogP contribution in [0.4, 0.5) is 11.4 Å². The molecule has 0 aromatic heterocycles. The van der Waals surface area contributed by atoms with E-state index in [1.54, 1.807) is 19.2 Å². The molecule has 4 rings (SSSR count). The van der Waals surface area contributed by atoms with Crippen molar-refractivity contribution in [2.75, 3.05) is 32.3 Å². The summed E-state index contributed by atoms with van der Waals surface area (Å²) in [5, 5.41) is 17.3. The van der Waals surface area contributed by atoms with Gasteiger partial charge in [-0.1, -0.05) is 6.07 Å². The van der Waals surface area contributed by atoms with Crippen LogP contribution in [0.2, 0.25) is 0 Å². The molecule has 0 atom stereocenters. The molecule has 0 fully saturated rings. The van der Waals surface area contributed by atoms with E-state index >= 15 is 0 Å². The predicted octanol–water partition coefficient (Wildman–Crippen LogP) is 5.30. The van der Waals surface area contributed by atoms with Crippen molar-refractivity contribution in [3.8, 4) is 23.0 Å². The van der Waals surface area contributed by atoms with Gasteiger partial charge < -0.3 is 29.6 Å². The van der Waals surface area contributed by atoms with Crippen LogP contribution in [0.15, 0.2) is 59.1 Å². The van der Waals surface area contributed by atoms with Crippen LogP contribution in [0.3, 0.4) is 0 Å². The zero-order valence-corrected chi connectivity index (χ0v) is 21.3. The first-order chi connectivity index (χ1) is 16.5. The summed E-state index contributed by atoms with van der Waals surface area (Å²) in [4.78, 5) is 10.3. The summed E-state index contributed by atoms with van der Waals surface area (Å²) in [5.74, 6) is 2.72. The van der Waals surface area contributed by atoms with Gasteiger partial charge >= 0.3 is 0 Å². The fourth-order valence-electron chi connectivity index (χ4n) is 3.43. The molecule has 0 saturated carbocycles. The van der Waals surface area contributed by atoms with Gasteiger partial charge in [0.25, 0.3) is 5.69 Å². The van der Waals surface area contributed by atoms with E-state index in [9.17, 15) is 10.1 Å². The van der Waals surface area contributed by atoms with Crippen LogP contribution in [0.5, 0.6) is 23.0 Å². The van der Waals surface area contributed by atoms with Crippen molar-refractivity contribution in [1.29, 1.82) is 0 Å². The molecule has 0 unspecified atom stereocenters. The number of methoxy groups -OCH3 is 1. The first kappa shape index (κ1) is 26.4. The molecule has 0 bridgehead atoms. The van der Waals surface area contributed by atoms with E-state index in [1.807, 2.05) is 30.3 Å². The summed E-state index contributed by atoms with van der Waals surface area (Å²) in [6.07, 6.45) is 0. The van der Waals surface area contributed by atoms with Gasteiger partial charge in [-0.25, -0.2) is 0 Å². The number of non-ortho nitro benzene ring substituents is 1. The molecule has 1 aliphatic rings. The second-order valence-electron chi connectivity index (χ2n) is 7.49. The summed E-state index contributed by atoms with van der Waals surface area (Å²) in [5.41, 5.74) is 2.91. The number of nitrogens with one attached hydrogen (secondary N) is 2. The fraction of sp³-hybridized carbons (Fsp3) is 0.250. The highest BCUT2D eigenvalue weighted by molar-refractivity contribution is 9.10. The van der Waals surface area contributed by atoms with Crippen LogP contribution in [0, 0.1) is 10.1 Å². The smallest absolute Gasteiger partial charge is 0.269 e. The maximum absolute atomic E-state index is 10.7. The number of hydrogen-bond acceptors (Lipinski definition) is 8. The van der Waals surface area contributed by atoms with Gasteiger partial charge in [-0.3, -0.25) is 10.1 Å². The Morgan fingerprint density at radius 3 is 2.54 bits per heavy atom. The molecule has 3 aromatic carbocycles. The Morgan fingerprint density at radius 1 is 1.03 bits per heavy atom. The molecular weight excluding hydrogens is 542 g/mol. The van der Waals surface area contributed by atoms with E-state index in [0.29, 0.717) is 37.7 Å². The first-order valence-electron chi connectivity index (χ1n) is 10.6. The normalized spacial score (nSPS) is 11.5. The zero-order valence-electron chi connectivity index (χ0n) is 18.9. The number of nitrogens with zero attached hydrogens (tertiary/aromatic N) is 1. The molecule has 1 heterocycles. The summed E-state index contributed by atoms with van der Waals surface area (Å²) >= 11 is 3.59. The van der Waals surface area contributed by atoms with Gasteiger partial charge in [0, 0.05) is 37.5 Å². The maximum Gasteiger partial charge on any atom is 0.269 e. The lowest BCUT2D eigenvalue weighted by atomic mass is 10.2. The summed E-state index contributed by atoms with van der Waals surface area (Å²) < 4.78 is 23.2. The van der Waals surface area contributed by atoms with Gasteiger partial charge in [0.15, 0.2) is 23.0 Å². The Balaban J connectivity index is 0.00000342. The van der Waals surface area contributed by atoms with Gasteiger partial charge in [-0.2, -0.15) is 0 Å². The predicted molar refractivity (Wildman–Crippen MR) is 138 cm³/mol. The SMILES string of the molecule is COc1cc(CNCCNc2ccc([N+](=O)[O-])cc2)cc(Br)c1OCc1ccc2c(c1)OCO2.Cl. The number of nitro groups is 1. The second kappa shape index (κ2) is 12.5. The zero-order chi connectivity index (χ0) is 23.9. The monoisotopic (exact) mass is 565 g/mol. The number of nitro benzene ring substituents is 1. The number of rotatable bonds is 11. The lowest BCUT2D eigenvalue weighted by Crippen LogP contribution is -2.21. The molecule has 0 spiro atoms. The van der Waals surface area contributed by atoms with Crippen molar-refractivity contribution in [3.63, 3.8) is 0 Å². The highest BCUT2D eigenvalue weighted by Gasteiger charge is 2.15. The largest absolute Gasteiger partial charge is 0.493 e. The summed E-state index contributed by atoms with van der Waals surface area (Å²) in [7, 11) is 1.61. The van der Waals surface area contributed by atoms with E-state index in [-0.39, 0.29) is 24.9 Å². The molecule has 2 N–H and O–H groups in total. The van der Waals surface area contributed by atoms with Gasteiger partial charge in [-0.05, 0) is 63.5 Å². The van der Waals surface area contributed by atoms with E-state index in [4.69, 9.17) is 18.9 Å². The number of anilines is 1. The van der Waals surface area contributed by atoms with Gasteiger partial charge in [0.1, 0.15) is 6.61 Å². The first-order valence-corrected chi connectivity index (χ1v) is 11.4. The number of halogens is 2. The molecule has 35 heavy (non-hydrogen) atoms. The van der Waals surface area contributed by atoms with Crippen molar-refractivity contribution in [1.82, 2.24) is 5.32 Å². The minimum Gasteiger partial charge on any atom is -0.493 e. The van der Waals surface area contributed by atoms with Crippen molar-refractivity contribution in [3.05, 3.63) is 80.3 Å². The molecule has 0 amide bonds. The number of hydrogen-bond donors (Lipinski definition) is 2. The number of ether oxygens (including phenoxy) is 4. The van der Waals surface area contributed by atoms with Gasteiger partial charge in [-0.15, -0.1) is 12.4 Å². The van der Waals surface area contributed by atoms with Crippen LogP contribution in [-0.4, -0.2) is 31.9 Å². The van der Waals surface area contributed by atoms with Crippen LogP contribution in [-0.2, 0) is 13.2 Å². The molecule has 9 nitrogen and oxygen atoms in total. The average Bonchev–Trinajstić information content (AvgIpc) is 3.31. The third-order valence-corrected chi connectivity index (χ3v) is 5.74. The Morgan fingerprint density at radius 2 is 1.80 bits per heavy atom. The Kier molecular flexibility index (Phi) is 9.41. The topological polar surface area (TPSA) is 104 Å². The molecule has 3 aromatic rings. The number of benzene rings is 3. The molecule has 11 heteroatoms. The van der Waals surface area contributed by atoms with E-state index in [1.165, 1.54) is 12.1 Å². The Labute approximate surface area is 217 Å². The van der Waals surface area contributed by atoms with Gasteiger partial charge in [0.2, 0.25) is 6.79 Å². The van der Waals surface area contributed by atoms with Crippen LogP contribution in [0.25, 0.3) is 0 Å². The van der Waals surface area contributed by atoms with E-state index in [0.717, 1.165) is 32.8 Å². The second-order valence-corrected chi connectivity index (χ2v) is 8.35. The minimum atomic E-state index is -0.411. The molecule has 0 aliphatic carbocycles.